The molecular weight excluding hydrogens is 380 g/mol. The zero-order chi connectivity index (χ0) is 19.1. The largest absolute Gasteiger partial charge is 0.485 e. The molecule has 0 fully saturated rings. The van der Waals surface area contributed by atoms with Crippen LogP contribution in [0.3, 0.4) is 0 Å². The fraction of sp³-hybridized carbons (Fsp3) is 0.238. The number of nitrogens with zero attached hydrogens (tertiary/aromatic N) is 2. The smallest absolute Gasteiger partial charge is 0.267 e. The molecule has 0 aliphatic carbocycles. The first kappa shape index (κ1) is 17.1. The molecular formula is C21H17ClN2O4. The molecule has 3 aromatic rings. The average molecular weight is 397 g/mol. The van der Waals surface area contributed by atoms with E-state index >= 15 is 0 Å². The van der Waals surface area contributed by atoms with Crippen LogP contribution in [-0.2, 0) is 17.8 Å². The summed E-state index contributed by atoms with van der Waals surface area (Å²) in [6, 6.07) is 14.8. The molecule has 5 rings (SSSR count). The van der Waals surface area contributed by atoms with E-state index in [2.05, 4.69) is 5.16 Å². The van der Waals surface area contributed by atoms with Crippen LogP contribution in [0.1, 0.15) is 11.3 Å². The highest BCUT2D eigenvalue weighted by Crippen LogP contribution is 2.33. The first-order chi connectivity index (χ1) is 13.7. The van der Waals surface area contributed by atoms with Gasteiger partial charge in [0.15, 0.2) is 17.3 Å². The predicted molar refractivity (Wildman–Crippen MR) is 102 cm³/mol. The first-order valence-electron chi connectivity index (χ1n) is 9.09. The zero-order valence-corrected chi connectivity index (χ0v) is 15.7. The Bertz CT molecular complexity index is 1030. The Balaban J connectivity index is 1.33. The summed E-state index contributed by atoms with van der Waals surface area (Å²) < 4.78 is 17.1. The van der Waals surface area contributed by atoms with Crippen molar-refractivity contribution in [3.8, 4) is 22.8 Å². The maximum absolute atomic E-state index is 12.9. The van der Waals surface area contributed by atoms with Gasteiger partial charge in [-0.2, -0.15) is 0 Å². The molecule has 142 valence electrons. The fourth-order valence-electron chi connectivity index (χ4n) is 3.59. The van der Waals surface area contributed by atoms with Crippen molar-refractivity contribution in [1.82, 2.24) is 10.1 Å². The van der Waals surface area contributed by atoms with Gasteiger partial charge < -0.3 is 18.9 Å². The topological polar surface area (TPSA) is 64.8 Å². The van der Waals surface area contributed by atoms with Crippen LogP contribution in [0.15, 0.2) is 53.1 Å². The summed E-state index contributed by atoms with van der Waals surface area (Å²) in [4.78, 5) is 14.7. The number of carbonyl (C=O) groups excluding carboxylic acids is 1. The number of hydrogen-bond acceptors (Lipinski definition) is 5. The number of halogens is 1. The maximum atomic E-state index is 12.9. The Hall–Kier alpha value is -2.99. The third-order valence-electron chi connectivity index (χ3n) is 5.04. The fourth-order valence-corrected chi connectivity index (χ4v) is 3.72. The predicted octanol–water partition coefficient (Wildman–Crippen LogP) is 3.72. The Morgan fingerprint density at radius 2 is 1.89 bits per heavy atom. The molecule has 2 aromatic carbocycles. The minimum absolute atomic E-state index is 0.101. The van der Waals surface area contributed by atoms with Crippen LogP contribution >= 0.6 is 11.6 Å². The van der Waals surface area contributed by atoms with Crippen LogP contribution in [0, 0.1) is 0 Å². The molecule has 2 aliphatic rings. The molecule has 0 spiro atoms. The monoisotopic (exact) mass is 396 g/mol. The zero-order valence-electron chi connectivity index (χ0n) is 14.9. The third kappa shape index (κ3) is 2.99. The van der Waals surface area contributed by atoms with Gasteiger partial charge in [-0.25, -0.2) is 0 Å². The Labute approximate surface area is 166 Å². The van der Waals surface area contributed by atoms with E-state index in [9.17, 15) is 4.79 Å². The molecule has 3 heterocycles. The van der Waals surface area contributed by atoms with Gasteiger partial charge in [0.25, 0.3) is 5.91 Å². The quantitative estimate of drug-likeness (QED) is 0.660. The standard InChI is InChI=1S/C21H17ClN2O4/c22-14-7-5-13(6-8-14)20-15-9-10-24(11-16(15)23-28-20)21(25)19-12-26-17-3-1-2-4-18(17)27-19/h1-8,19H,9-12H2. The highest BCUT2D eigenvalue weighted by atomic mass is 35.5. The lowest BCUT2D eigenvalue weighted by atomic mass is 10.0. The van der Waals surface area contributed by atoms with Crippen molar-refractivity contribution in [2.45, 2.75) is 19.1 Å². The van der Waals surface area contributed by atoms with Crippen molar-refractivity contribution in [1.29, 1.82) is 0 Å². The van der Waals surface area contributed by atoms with Gasteiger partial charge in [-0.05, 0) is 42.8 Å². The van der Waals surface area contributed by atoms with Gasteiger partial charge in [-0.15, -0.1) is 0 Å². The molecule has 1 aromatic heterocycles. The molecule has 0 N–H and O–H groups in total. The van der Waals surface area contributed by atoms with Crippen LogP contribution in [0.4, 0.5) is 0 Å². The number of para-hydroxylation sites is 2. The molecule has 6 nitrogen and oxygen atoms in total. The normalized spacial score (nSPS) is 17.9. The van der Waals surface area contributed by atoms with Gasteiger partial charge >= 0.3 is 0 Å². The van der Waals surface area contributed by atoms with Gasteiger partial charge in [-0.1, -0.05) is 28.9 Å². The van der Waals surface area contributed by atoms with E-state index < -0.39 is 6.10 Å². The molecule has 0 radical (unpaired) electrons. The van der Waals surface area contributed by atoms with E-state index in [1.165, 1.54) is 0 Å². The Morgan fingerprint density at radius 3 is 2.71 bits per heavy atom. The van der Waals surface area contributed by atoms with Crippen molar-refractivity contribution in [2.75, 3.05) is 13.2 Å². The molecule has 1 amide bonds. The van der Waals surface area contributed by atoms with Crippen molar-refractivity contribution in [2.24, 2.45) is 0 Å². The van der Waals surface area contributed by atoms with Crippen molar-refractivity contribution < 1.29 is 18.8 Å². The number of aromatic nitrogens is 1. The van der Waals surface area contributed by atoms with E-state index in [4.69, 9.17) is 25.6 Å². The summed E-state index contributed by atoms with van der Waals surface area (Å²) in [6.07, 6.45) is 0.0197. The first-order valence-corrected chi connectivity index (χ1v) is 9.47. The number of amides is 1. The summed E-state index contributed by atoms with van der Waals surface area (Å²) in [5.74, 6) is 1.90. The van der Waals surface area contributed by atoms with Crippen LogP contribution < -0.4 is 9.47 Å². The molecule has 7 heteroatoms. The Kier molecular flexibility index (Phi) is 4.20. The van der Waals surface area contributed by atoms with E-state index in [-0.39, 0.29) is 12.5 Å². The van der Waals surface area contributed by atoms with E-state index in [1.54, 1.807) is 11.0 Å². The highest BCUT2D eigenvalue weighted by Gasteiger charge is 2.34. The second-order valence-corrected chi connectivity index (χ2v) is 7.25. The number of fused-ring (bicyclic) bond motifs is 2. The minimum atomic E-state index is -0.654. The van der Waals surface area contributed by atoms with Gasteiger partial charge in [0, 0.05) is 22.7 Å². The van der Waals surface area contributed by atoms with Gasteiger partial charge in [-0.3, -0.25) is 4.79 Å². The van der Waals surface area contributed by atoms with Gasteiger partial charge in [0.05, 0.1) is 6.54 Å². The number of carbonyl (C=O) groups is 1. The maximum Gasteiger partial charge on any atom is 0.267 e. The summed E-state index contributed by atoms with van der Waals surface area (Å²) in [5.41, 5.74) is 2.75. The number of ether oxygens (including phenoxy) is 2. The second-order valence-electron chi connectivity index (χ2n) is 6.82. The van der Waals surface area contributed by atoms with Crippen LogP contribution in [-0.4, -0.2) is 35.2 Å². The van der Waals surface area contributed by atoms with E-state index in [0.717, 1.165) is 22.6 Å². The summed E-state index contributed by atoms with van der Waals surface area (Å²) in [5, 5.41) is 4.87. The second kappa shape index (κ2) is 6.87. The number of rotatable bonds is 2. The highest BCUT2D eigenvalue weighted by molar-refractivity contribution is 6.30. The molecule has 0 saturated carbocycles. The van der Waals surface area contributed by atoms with Gasteiger partial charge in [0.2, 0.25) is 6.10 Å². The lowest BCUT2D eigenvalue weighted by Crippen LogP contribution is -2.48. The molecule has 0 saturated heterocycles. The van der Waals surface area contributed by atoms with Crippen molar-refractivity contribution in [3.05, 3.63) is 64.8 Å². The Morgan fingerprint density at radius 1 is 1.11 bits per heavy atom. The lowest BCUT2D eigenvalue weighted by molar-refractivity contribution is -0.142. The number of benzene rings is 2. The average Bonchev–Trinajstić information content (AvgIpc) is 3.16. The van der Waals surface area contributed by atoms with Crippen LogP contribution in [0.5, 0.6) is 11.5 Å². The molecule has 1 unspecified atom stereocenters. The summed E-state index contributed by atoms with van der Waals surface area (Å²) in [6.45, 7) is 1.18. The third-order valence-corrected chi connectivity index (χ3v) is 5.30. The lowest BCUT2D eigenvalue weighted by Gasteiger charge is -2.32. The van der Waals surface area contributed by atoms with Crippen molar-refractivity contribution in [3.63, 3.8) is 0 Å². The number of hydrogen-bond donors (Lipinski definition) is 0. The van der Waals surface area contributed by atoms with Crippen LogP contribution in [0.25, 0.3) is 11.3 Å². The summed E-state index contributed by atoms with van der Waals surface area (Å²) in [7, 11) is 0. The van der Waals surface area contributed by atoms with Crippen LogP contribution in [0.2, 0.25) is 5.02 Å². The van der Waals surface area contributed by atoms with E-state index in [1.807, 2.05) is 42.5 Å². The van der Waals surface area contributed by atoms with Gasteiger partial charge in [0.1, 0.15) is 12.3 Å². The molecule has 1 atom stereocenters. The van der Waals surface area contributed by atoms with E-state index in [0.29, 0.717) is 36.0 Å². The van der Waals surface area contributed by atoms with Crippen molar-refractivity contribution >= 4 is 17.5 Å². The summed E-state index contributed by atoms with van der Waals surface area (Å²) >= 11 is 5.96. The molecule has 0 bridgehead atoms. The minimum Gasteiger partial charge on any atom is -0.485 e. The molecule has 28 heavy (non-hydrogen) atoms. The molecule has 2 aliphatic heterocycles. The SMILES string of the molecule is O=C(C1COc2ccccc2O1)N1CCc2c(noc2-c2ccc(Cl)cc2)C1.